The number of H-pyrrole nitrogens is 1. The third-order valence-corrected chi connectivity index (χ3v) is 4.90. The van der Waals surface area contributed by atoms with Crippen LogP contribution in [0.1, 0.15) is 13.3 Å². The van der Waals surface area contributed by atoms with Crippen LogP contribution in [0.25, 0.3) is 0 Å². The first-order valence-corrected chi connectivity index (χ1v) is 9.82. The van der Waals surface area contributed by atoms with Crippen LogP contribution < -0.4 is 21.5 Å². The largest absolute Gasteiger partial charge is 0.480 e. The SMILES string of the molecule is CCC(C(=O)O)N(CCN1CNc2c1nc(N)[nH]c2=O)CCP(=O)(O)O. The Bertz CT molecular complexity index is 764. The van der Waals surface area contributed by atoms with Crippen molar-refractivity contribution in [2.24, 2.45) is 0 Å². The van der Waals surface area contributed by atoms with E-state index < -0.39 is 31.3 Å². The quantitative estimate of drug-likeness (QED) is 0.281. The van der Waals surface area contributed by atoms with Crippen molar-refractivity contribution < 1.29 is 24.3 Å². The molecule has 2 heterocycles. The second kappa shape index (κ2) is 8.04. The monoisotopic (exact) mass is 390 g/mol. The number of nitrogen functional groups attached to an aromatic ring is 1. The highest BCUT2D eigenvalue weighted by Gasteiger charge is 2.29. The molecule has 0 amide bonds. The van der Waals surface area contributed by atoms with Crippen molar-refractivity contribution in [3.05, 3.63) is 10.4 Å². The summed E-state index contributed by atoms with van der Waals surface area (Å²) in [5.41, 5.74) is 5.44. The highest BCUT2D eigenvalue weighted by Crippen LogP contribution is 2.34. The molecule has 0 saturated heterocycles. The van der Waals surface area contributed by atoms with Crippen molar-refractivity contribution in [3.63, 3.8) is 0 Å². The highest BCUT2D eigenvalue weighted by atomic mass is 31.2. The van der Waals surface area contributed by atoms with Gasteiger partial charge in [-0.2, -0.15) is 4.98 Å². The van der Waals surface area contributed by atoms with Crippen LogP contribution in [0.4, 0.5) is 17.5 Å². The van der Waals surface area contributed by atoms with E-state index in [1.807, 2.05) is 0 Å². The Morgan fingerprint density at radius 2 is 2.15 bits per heavy atom. The van der Waals surface area contributed by atoms with Crippen LogP contribution >= 0.6 is 7.60 Å². The lowest BCUT2D eigenvalue weighted by atomic mass is 10.2. The predicted molar refractivity (Wildman–Crippen MR) is 95.3 cm³/mol. The fourth-order valence-corrected chi connectivity index (χ4v) is 3.34. The summed E-state index contributed by atoms with van der Waals surface area (Å²) in [5, 5.41) is 12.3. The van der Waals surface area contributed by atoms with E-state index in [1.165, 1.54) is 4.90 Å². The topological polar surface area (TPSA) is 185 Å². The normalized spacial score (nSPS) is 15.0. The molecule has 0 aliphatic carbocycles. The number of nitrogens with zero attached hydrogens (tertiary/aromatic N) is 3. The highest BCUT2D eigenvalue weighted by molar-refractivity contribution is 7.51. The summed E-state index contributed by atoms with van der Waals surface area (Å²) in [6, 6.07) is -0.867. The average molecular weight is 390 g/mol. The van der Waals surface area contributed by atoms with Crippen molar-refractivity contribution in [1.82, 2.24) is 14.9 Å². The Kier molecular flexibility index (Phi) is 6.24. The minimum atomic E-state index is -4.25. The molecule has 146 valence electrons. The summed E-state index contributed by atoms with van der Waals surface area (Å²) >= 11 is 0. The molecular weight excluding hydrogens is 367 g/mol. The van der Waals surface area contributed by atoms with E-state index in [2.05, 4.69) is 15.3 Å². The van der Waals surface area contributed by atoms with Crippen molar-refractivity contribution in [2.75, 3.05) is 48.4 Å². The van der Waals surface area contributed by atoms with Gasteiger partial charge in [-0.25, -0.2) is 0 Å². The molecule has 12 nitrogen and oxygen atoms in total. The maximum absolute atomic E-state index is 11.8. The number of nitrogens with two attached hydrogens (primary N) is 1. The predicted octanol–water partition coefficient (Wildman–Crippen LogP) is -1.12. The molecule has 13 heteroatoms. The van der Waals surface area contributed by atoms with Gasteiger partial charge in [0, 0.05) is 19.6 Å². The van der Waals surface area contributed by atoms with Crippen LogP contribution in [-0.4, -0.2) is 74.2 Å². The zero-order valence-corrected chi connectivity index (χ0v) is 15.1. The van der Waals surface area contributed by atoms with Crippen molar-refractivity contribution in [3.8, 4) is 0 Å². The first kappa shape index (κ1) is 20.2. The number of hydrogen-bond donors (Lipinski definition) is 6. The molecule has 7 N–H and O–H groups in total. The summed E-state index contributed by atoms with van der Waals surface area (Å²) in [4.78, 5) is 51.1. The Hall–Kier alpha value is -2.14. The maximum Gasteiger partial charge on any atom is 0.326 e. The van der Waals surface area contributed by atoms with Gasteiger partial charge in [-0.1, -0.05) is 6.92 Å². The molecule has 0 radical (unpaired) electrons. The van der Waals surface area contributed by atoms with Crippen LogP contribution in [0, 0.1) is 0 Å². The average Bonchev–Trinajstić information content (AvgIpc) is 2.92. The number of carbonyl (C=O) groups is 1. The summed E-state index contributed by atoms with van der Waals surface area (Å²) < 4.78 is 11.2. The van der Waals surface area contributed by atoms with E-state index in [0.717, 1.165) is 0 Å². The maximum atomic E-state index is 11.8. The molecule has 0 fully saturated rings. The second-order valence-electron chi connectivity index (χ2n) is 5.93. The van der Waals surface area contributed by atoms with E-state index in [-0.39, 0.29) is 31.1 Å². The Morgan fingerprint density at radius 1 is 1.46 bits per heavy atom. The molecule has 1 aromatic rings. The fraction of sp³-hybridized carbons (Fsp3) is 0.615. The number of nitrogens with one attached hydrogen (secondary N) is 2. The van der Waals surface area contributed by atoms with Gasteiger partial charge in [0.1, 0.15) is 11.7 Å². The smallest absolute Gasteiger partial charge is 0.326 e. The van der Waals surface area contributed by atoms with Crippen LogP contribution in [0.3, 0.4) is 0 Å². The van der Waals surface area contributed by atoms with E-state index in [0.29, 0.717) is 19.0 Å². The Labute approximate surface area is 149 Å². The third-order valence-electron chi connectivity index (χ3n) is 4.11. The summed E-state index contributed by atoms with van der Waals surface area (Å²) in [7, 11) is -4.25. The van der Waals surface area contributed by atoms with Gasteiger partial charge in [0.2, 0.25) is 5.95 Å². The van der Waals surface area contributed by atoms with Crippen molar-refractivity contribution in [2.45, 2.75) is 19.4 Å². The minimum absolute atomic E-state index is 0.0298. The van der Waals surface area contributed by atoms with Gasteiger partial charge >= 0.3 is 13.6 Å². The first-order chi connectivity index (χ1) is 12.1. The molecule has 1 unspecified atom stereocenters. The molecule has 1 atom stereocenters. The van der Waals surface area contributed by atoms with E-state index >= 15 is 0 Å². The number of carboxylic acid groups (broad SMARTS) is 1. The molecule has 1 aliphatic heterocycles. The number of anilines is 3. The number of rotatable bonds is 9. The summed E-state index contributed by atoms with van der Waals surface area (Å²) in [6.45, 7) is 2.46. The lowest BCUT2D eigenvalue weighted by Crippen LogP contribution is -2.46. The minimum Gasteiger partial charge on any atom is -0.480 e. The van der Waals surface area contributed by atoms with Gasteiger partial charge in [0.25, 0.3) is 5.56 Å². The third kappa shape index (κ3) is 4.94. The molecule has 0 bridgehead atoms. The molecule has 0 spiro atoms. The zero-order chi connectivity index (χ0) is 19.5. The number of aromatic amines is 1. The number of aliphatic carboxylic acids is 1. The van der Waals surface area contributed by atoms with Crippen LogP contribution in [-0.2, 0) is 9.36 Å². The van der Waals surface area contributed by atoms with Gasteiger partial charge in [-0.15, -0.1) is 0 Å². The molecule has 26 heavy (non-hydrogen) atoms. The molecular formula is C13H23N6O6P. The van der Waals surface area contributed by atoms with Crippen molar-refractivity contribution >= 4 is 31.0 Å². The van der Waals surface area contributed by atoms with Crippen LogP contribution in [0.2, 0.25) is 0 Å². The number of fused-ring (bicyclic) bond motifs is 1. The molecule has 0 aromatic carbocycles. The van der Waals surface area contributed by atoms with E-state index in [1.54, 1.807) is 11.8 Å². The number of hydrogen-bond acceptors (Lipinski definition) is 8. The first-order valence-electron chi connectivity index (χ1n) is 8.02. The van der Waals surface area contributed by atoms with Gasteiger partial charge in [-0.3, -0.25) is 24.0 Å². The number of carboxylic acids is 1. The molecule has 0 saturated carbocycles. The van der Waals surface area contributed by atoms with Gasteiger partial charge < -0.3 is 30.8 Å². The van der Waals surface area contributed by atoms with Crippen molar-refractivity contribution in [1.29, 1.82) is 0 Å². The molecule has 1 aromatic heterocycles. The van der Waals surface area contributed by atoms with E-state index in [9.17, 15) is 19.3 Å². The molecule has 2 rings (SSSR count). The zero-order valence-electron chi connectivity index (χ0n) is 14.3. The summed E-state index contributed by atoms with van der Waals surface area (Å²) in [5.74, 6) is -0.723. The van der Waals surface area contributed by atoms with Gasteiger partial charge in [0.05, 0.1) is 12.8 Å². The number of aromatic nitrogens is 2. The summed E-state index contributed by atoms with van der Waals surface area (Å²) in [6.07, 6.45) is -0.146. The lowest BCUT2D eigenvalue weighted by Gasteiger charge is -2.30. The van der Waals surface area contributed by atoms with Gasteiger partial charge in [-0.05, 0) is 6.42 Å². The lowest BCUT2D eigenvalue weighted by molar-refractivity contribution is -0.143. The van der Waals surface area contributed by atoms with Gasteiger partial charge in [0.15, 0.2) is 5.82 Å². The Balaban J connectivity index is 2.11. The molecule has 1 aliphatic rings. The standard InChI is InChI=1S/C13H23N6O6P/c1-2-8(12(21)22)18(5-6-26(23,24)25)3-4-19-7-15-9-10(19)16-13(14)17-11(9)20/h8,15H,2-7H2,1H3,(H,21,22)(H2,23,24,25)(H3,14,16,17,20). The van der Waals surface area contributed by atoms with Crippen LogP contribution in [0.15, 0.2) is 4.79 Å². The fourth-order valence-electron chi connectivity index (χ4n) is 2.82. The van der Waals surface area contributed by atoms with E-state index in [4.69, 9.17) is 15.5 Å². The van der Waals surface area contributed by atoms with Crippen LogP contribution in [0.5, 0.6) is 0 Å². The second-order valence-corrected chi connectivity index (χ2v) is 7.71. The Morgan fingerprint density at radius 3 is 2.73 bits per heavy atom.